The number of hydrogen-bond acceptors (Lipinski definition) is 7. The van der Waals surface area contributed by atoms with E-state index in [0.29, 0.717) is 28.0 Å². The topological polar surface area (TPSA) is 92.6 Å². The SMILES string of the molecule is COc1ccc([C@H]2CC(c3ccc(Cl)cc3)=NN2C2=NC(=O)[C@@H](CC(=O)Nc3cccc(OC)c3)S2)cc1. The summed E-state index contributed by atoms with van der Waals surface area (Å²) < 4.78 is 10.5. The van der Waals surface area contributed by atoms with Gasteiger partial charge in [-0.2, -0.15) is 10.1 Å². The standard InChI is InChI=1S/C28H25ClN4O4S/c1-36-21-12-8-18(9-13-21)24-15-23(17-6-10-19(29)11-7-17)32-33(24)28-31-27(35)25(38-28)16-26(34)30-20-4-3-5-22(14-20)37-2/h3-14,24-25H,15-16H2,1-2H3,(H,30,34)/t24-,25-/m1/s1. The molecular formula is C28H25ClN4O4S. The maximum Gasteiger partial charge on any atom is 0.262 e. The minimum absolute atomic E-state index is 0.0114. The molecule has 2 atom stereocenters. The lowest BCUT2D eigenvalue weighted by Gasteiger charge is -2.23. The number of nitrogens with one attached hydrogen (secondary N) is 1. The van der Waals surface area contributed by atoms with E-state index >= 15 is 0 Å². The van der Waals surface area contributed by atoms with Crippen molar-refractivity contribution in [1.29, 1.82) is 0 Å². The number of hydrogen-bond donors (Lipinski definition) is 1. The molecule has 2 aliphatic heterocycles. The van der Waals surface area contributed by atoms with Crippen molar-refractivity contribution in [2.45, 2.75) is 24.1 Å². The number of aliphatic imine (C=N–C) groups is 1. The van der Waals surface area contributed by atoms with Gasteiger partial charge in [0.1, 0.15) is 16.7 Å². The van der Waals surface area contributed by atoms with E-state index in [9.17, 15) is 9.59 Å². The predicted molar refractivity (Wildman–Crippen MR) is 150 cm³/mol. The fraction of sp³-hybridized carbons (Fsp3) is 0.214. The summed E-state index contributed by atoms with van der Waals surface area (Å²) in [5, 5.41) is 9.96. The zero-order chi connectivity index (χ0) is 26.6. The lowest BCUT2D eigenvalue weighted by molar-refractivity contribution is -0.121. The van der Waals surface area contributed by atoms with E-state index in [1.807, 2.05) is 48.5 Å². The van der Waals surface area contributed by atoms with Gasteiger partial charge < -0.3 is 14.8 Å². The Hall–Kier alpha value is -3.82. The Balaban J connectivity index is 1.34. The van der Waals surface area contributed by atoms with Crippen LogP contribution in [0.2, 0.25) is 5.02 Å². The number of hydrazone groups is 1. The molecule has 38 heavy (non-hydrogen) atoms. The second-order valence-corrected chi connectivity index (χ2v) is 10.3. The van der Waals surface area contributed by atoms with Gasteiger partial charge in [-0.1, -0.05) is 53.7 Å². The highest BCUT2D eigenvalue weighted by Crippen LogP contribution is 2.39. The first kappa shape index (κ1) is 25.8. The van der Waals surface area contributed by atoms with Crippen LogP contribution in [0.3, 0.4) is 0 Å². The summed E-state index contributed by atoms with van der Waals surface area (Å²) in [6.07, 6.45) is 0.602. The molecule has 0 unspecified atom stereocenters. The van der Waals surface area contributed by atoms with E-state index < -0.39 is 5.25 Å². The molecule has 3 aromatic rings. The Kier molecular flexibility index (Phi) is 7.67. The van der Waals surface area contributed by atoms with Crippen LogP contribution in [0.4, 0.5) is 5.69 Å². The van der Waals surface area contributed by atoms with Crippen LogP contribution < -0.4 is 14.8 Å². The van der Waals surface area contributed by atoms with Crippen LogP contribution in [-0.4, -0.2) is 47.2 Å². The van der Waals surface area contributed by atoms with E-state index in [4.69, 9.17) is 26.2 Å². The number of ether oxygens (including phenoxy) is 2. The van der Waals surface area contributed by atoms with E-state index in [-0.39, 0.29) is 24.3 Å². The quantitative estimate of drug-likeness (QED) is 0.417. The van der Waals surface area contributed by atoms with Crippen LogP contribution in [0.25, 0.3) is 0 Å². The highest BCUT2D eigenvalue weighted by Gasteiger charge is 2.39. The van der Waals surface area contributed by atoms with E-state index in [0.717, 1.165) is 22.6 Å². The molecule has 8 nitrogen and oxygen atoms in total. The molecule has 2 amide bonds. The third-order valence-electron chi connectivity index (χ3n) is 6.24. The molecule has 0 spiro atoms. The number of benzene rings is 3. The number of thioether (sulfide) groups is 1. The zero-order valence-electron chi connectivity index (χ0n) is 20.8. The van der Waals surface area contributed by atoms with E-state index in [1.165, 1.54) is 11.8 Å². The summed E-state index contributed by atoms with van der Waals surface area (Å²) in [7, 11) is 3.19. The maximum atomic E-state index is 12.8. The Bertz CT molecular complexity index is 1410. The number of anilines is 1. The molecule has 0 radical (unpaired) electrons. The Morgan fingerprint density at radius 3 is 2.50 bits per heavy atom. The van der Waals surface area contributed by atoms with Gasteiger partial charge >= 0.3 is 0 Å². The van der Waals surface area contributed by atoms with Crippen LogP contribution in [0.15, 0.2) is 82.9 Å². The van der Waals surface area contributed by atoms with Crippen LogP contribution in [0.1, 0.15) is 30.0 Å². The van der Waals surface area contributed by atoms with Crippen LogP contribution in [-0.2, 0) is 9.59 Å². The van der Waals surface area contributed by atoms with Crippen molar-refractivity contribution < 1.29 is 19.1 Å². The highest BCUT2D eigenvalue weighted by atomic mass is 35.5. The van der Waals surface area contributed by atoms with Crippen molar-refractivity contribution in [2.24, 2.45) is 10.1 Å². The van der Waals surface area contributed by atoms with Crippen molar-refractivity contribution >= 4 is 51.7 Å². The van der Waals surface area contributed by atoms with Crippen molar-refractivity contribution in [3.63, 3.8) is 0 Å². The first-order valence-electron chi connectivity index (χ1n) is 11.9. The summed E-state index contributed by atoms with van der Waals surface area (Å²) in [5.41, 5.74) is 3.41. The molecule has 1 N–H and O–H groups in total. The predicted octanol–water partition coefficient (Wildman–Crippen LogP) is 5.54. The lowest BCUT2D eigenvalue weighted by Crippen LogP contribution is -2.25. The van der Waals surface area contributed by atoms with E-state index in [2.05, 4.69) is 10.3 Å². The summed E-state index contributed by atoms with van der Waals surface area (Å²) in [6, 6.07) is 22.2. The largest absolute Gasteiger partial charge is 0.497 e. The minimum atomic E-state index is -0.637. The fourth-order valence-corrected chi connectivity index (χ4v) is 5.46. The average molecular weight is 549 g/mol. The van der Waals surface area contributed by atoms with Crippen LogP contribution in [0, 0.1) is 0 Å². The molecule has 0 saturated heterocycles. The van der Waals surface area contributed by atoms with E-state index in [1.54, 1.807) is 43.5 Å². The molecular weight excluding hydrogens is 524 g/mol. The summed E-state index contributed by atoms with van der Waals surface area (Å²) >= 11 is 7.34. The van der Waals surface area contributed by atoms with Crippen molar-refractivity contribution in [2.75, 3.05) is 19.5 Å². The molecule has 0 saturated carbocycles. The Labute approximate surface area is 229 Å². The lowest BCUT2D eigenvalue weighted by atomic mass is 9.98. The van der Waals surface area contributed by atoms with Gasteiger partial charge in [0.2, 0.25) is 5.91 Å². The van der Waals surface area contributed by atoms with Crippen LogP contribution >= 0.6 is 23.4 Å². The third kappa shape index (κ3) is 5.69. The summed E-state index contributed by atoms with van der Waals surface area (Å²) in [6.45, 7) is 0. The summed E-state index contributed by atoms with van der Waals surface area (Å²) in [5.74, 6) is 0.753. The van der Waals surface area contributed by atoms with Gasteiger partial charge in [-0.05, 0) is 47.5 Å². The number of halogens is 1. The van der Waals surface area contributed by atoms with Gasteiger partial charge in [0.15, 0.2) is 5.17 Å². The number of amides is 2. The summed E-state index contributed by atoms with van der Waals surface area (Å²) in [4.78, 5) is 29.9. The fourth-order valence-electron chi connectivity index (χ4n) is 4.27. The van der Waals surface area contributed by atoms with Crippen molar-refractivity contribution in [3.8, 4) is 11.5 Å². The molecule has 10 heteroatoms. The number of amidine groups is 1. The van der Waals surface area contributed by atoms with Gasteiger partial charge in [-0.15, -0.1) is 0 Å². The first-order valence-corrected chi connectivity index (χ1v) is 13.2. The number of carbonyl (C=O) groups excluding carboxylic acids is 2. The van der Waals surface area contributed by atoms with Gasteiger partial charge in [0.25, 0.3) is 5.91 Å². The minimum Gasteiger partial charge on any atom is -0.497 e. The number of methoxy groups -OCH3 is 2. The highest BCUT2D eigenvalue weighted by molar-refractivity contribution is 8.15. The molecule has 2 aliphatic rings. The number of rotatable bonds is 7. The molecule has 5 rings (SSSR count). The second kappa shape index (κ2) is 11.3. The second-order valence-electron chi connectivity index (χ2n) is 8.71. The zero-order valence-corrected chi connectivity index (χ0v) is 22.3. The number of carbonyl (C=O) groups is 2. The normalized spacial score (nSPS) is 18.7. The average Bonchev–Trinajstić information content (AvgIpc) is 3.53. The molecule has 0 aromatic heterocycles. The molecule has 0 fully saturated rings. The molecule has 2 heterocycles. The third-order valence-corrected chi connectivity index (χ3v) is 7.63. The molecule has 0 aliphatic carbocycles. The van der Waals surface area contributed by atoms with Crippen molar-refractivity contribution in [3.05, 3.63) is 88.9 Å². The van der Waals surface area contributed by atoms with Crippen molar-refractivity contribution in [1.82, 2.24) is 5.01 Å². The Morgan fingerprint density at radius 1 is 1.05 bits per heavy atom. The monoisotopic (exact) mass is 548 g/mol. The van der Waals surface area contributed by atoms with Gasteiger partial charge in [0.05, 0.1) is 26.0 Å². The maximum absolute atomic E-state index is 12.8. The van der Waals surface area contributed by atoms with Gasteiger partial charge in [-0.25, -0.2) is 5.01 Å². The molecule has 3 aromatic carbocycles. The molecule has 194 valence electrons. The first-order chi connectivity index (χ1) is 18.4. The molecule has 0 bridgehead atoms. The smallest absolute Gasteiger partial charge is 0.262 e. The van der Waals surface area contributed by atoms with Gasteiger partial charge in [-0.3, -0.25) is 9.59 Å². The van der Waals surface area contributed by atoms with Crippen LogP contribution in [0.5, 0.6) is 11.5 Å². The van der Waals surface area contributed by atoms with Gasteiger partial charge in [0, 0.05) is 29.6 Å². The Morgan fingerprint density at radius 2 is 1.79 bits per heavy atom. The number of nitrogens with zero attached hydrogens (tertiary/aromatic N) is 3.